The van der Waals surface area contributed by atoms with E-state index < -0.39 is 27.2 Å². The van der Waals surface area contributed by atoms with Crippen molar-refractivity contribution in [1.29, 1.82) is 0 Å². The van der Waals surface area contributed by atoms with E-state index in [2.05, 4.69) is 6.92 Å². The minimum absolute atomic E-state index is 0.0239. The van der Waals surface area contributed by atoms with E-state index in [1.54, 1.807) is 0 Å². The predicted molar refractivity (Wildman–Crippen MR) is 62.5 cm³/mol. The number of hydrogen-bond donors (Lipinski definition) is 0. The molecule has 0 atom stereocenters. The number of amides is 2. The van der Waals surface area contributed by atoms with E-state index in [0.717, 1.165) is 12.8 Å². The molecule has 1 aliphatic heterocycles. The van der Waals surface area contributed by atoms with Crippen molar-refractivity contribution >= 4 is 21.9 Å². The van der Waals surface area contributed by atoms with E-state index in [1.807, 2.05) is 0 Å². The Morgan fingerprint density at radius 2 is 1.56 bits per heavy atom. The van der Waals surface area contributed by atoms with Crippen LogP contribution in [-0.4, -0.2) is 30.5 Å². The summed E-state index contributed by atoms with van der Waals surface area (Å²) in [6.07, 6.45) is 2.76. The Kier molecular flexibility index (Phi) is 3.72. The summed E-state index contributed by atoms with van der Waals surface area (Å²) in [4.78, 5) is 22.6. The maximum atomic E-state index is 12.0. The summed E-state index contributed by atoms with van der Waals surface area (Å²) in [7, 11) is -3.87. The summed E-state index contributed by atoms with van der Waals surface area (Å²) in [5.74, 6) is -0.632. The zero-order valence-electron chi connectivity index (χ0n) is 10.3. The van der Waals surface area contributed by atoms with Gasteiger partial charge >= 0.3 is 0 Å². The quantitative estimate of drug-likeness (QED) is 0.717. The largest absolute Gasteiger partial charge is 0.291 e. The molecule has 1 heterocycles. The van der Waals surface area contributed by atoms with Crippen molar-refractivity contribution in [1.82, 2.24) is 5.06 Å². The molecule has 7 heteroatoms. The third-order valence-corrected chi connectivity index (χ3v) is 5.20. The first-order valence-corrected chi connectivity index (χ1v) is 7.66. The fraction of sp³-hybridized carbons (Fsp3) is 0.818. The van der Waals surface area contributed by atoms with Gasteiger partial charge in [0.2, 0.25) is 0 Å². The number of nitrogens with zero attached hydrogens (tertiary/aromatic N) is 1. The van der Waals surface area contributed by atoms with Gasteiger partial charge in [0.15, 0.2) is 0 Å². The zero-order valence-corrected chi connectivity index (χ0v) is 11.1. The molecule has 1 saturated carbocycles. The Hall–Kier alpha value is -0.950. The van der Waals surface area contributed by atoms with Gasteiger partial charge in [-0.3, -0.25) is 9.59 Å². The highest BCUT2D eigenvalue weighted by molar-refractivity contribution is 7.87. The van der Waals surface area contributed by atoms with Crippen LogP contribution in [0, 0.1) is 5.92 Å². The van der Waals surface area contributed by atoms with Gasteiger partial charge in [0.25, 0.3) is 21.9 Å². The van der Waals surface area contributed by atoms with Gasteiger partial charge in [-0.25, -0.2) is 0 Å². The Morgan fingerprint density at radius 3 is 2.06 bits per heavy atom. The average Bonchev–Trinajstić information content (AvgIpc) is 2.61. The summed E-state index contributed by atoms with van der Waals surface area (Å²) in [5.41, 5.74) is 0. The molecular weight excluding hydrogens is 258 g/mol. The molecule has 0 aromatic heterocycles. The topological polar surface area (TPSA) is 80.8 Å². The molecule has 0 unspecified atom stereocenters. The highest BCUT2D eigenvalue weighted by Crippen LogP contribution is 2.29. The first kappa shape index (κ1) is 13.5. The molecule has 1 saturated heterocycles. The summed E-state index contributed by atoms with van der Waals surface area (Å²) < 4.78 is 28.6. The highest BCUT2D eigenvalue weighted by atomic mass is 32.2. The van der Waals surface area contributed by atoms with Gasteiger partial charge < -0.3 is 0 Å². The summed E-state index contributed by atoms with van der Waals surface area (Å²) in [6.45, 7) is 2.08. The van der Waals surface area contributed by atoms with E-state index in [-0.39, 0.29) is 12.8 Å². The molecule has 1 aliphatic carbocycles. The fourth-order valence-corrected chi connectivity index (χ4v) is 3.67. The SMILES string of the molecule is CC1CCC(S(=O)(=O)ON2C(=O)CCC2=O)CC1. The van der Waals surface area contributed by atoms with Gasteiger partial charge in [-0.15, -0.1) is 9.35 Å². The number of carbonyl (C=O) groups excluding carboxylic acids is 2. The first-order valence-electron chi connectivity index (χ1n) is 6.19. The number of rotatable bonds is 3. The van der Waals surface area contributed by atoms with E-state index in [9.17, 15) is 18.0 Å². The van der Waals surface area contributed by atoms with Gasteiger partial charge in [0.1, 0.15) is 0 Å². The Bertz CT molecular complexity index is 434. The molecular formula is C11H17NO5S. The molecule has 18 heavy (non-hydrogen) atoms. The minimum atomic E-state index is -3.87. The van der Waals surface area contributed by atoms with Crippen molar-refractivity contribution in [3.05, 3.63) is 0 Å². The predicted octanol–water partition coefficient (Wildman–Crippen LogP) is 0.975. The zero-order chi connectivity index (χ0) is 13.3. The molecule has 0 spiro atoms. The Morgan fingerprint density at radius 1 is 1.06 bits per heavy atom. The van der Waals surface area contributed by atoms with Crippen LogP contribution in [0.3, 0.4) is 0 Å². The molecule has 0 aromatic carbocycles. The third kappa shape index (κ3) is 2.72. The van der Waals surface area contributed by atoms with Crippen molar-refractivity contribution in [2.24, 2.45) is 5.92 Å². The van der Waals surface area contributed by atoms with Crippen LogP contribution < -0.4 is 0 Å². The number of imide groups is 1. The van der Waals surface area contributed by atoms with Crippen LogP contribution in [0.1, 0.15) is 45.4 Å². The van der Waals surface area contributed by atoms with Crippen molar-refractivity contribution in [3.8, 4) is 0 Å². The van der Waals surface area contributed by atoms with E-state index >= 15 is 0 Å². The lowest BCUT2D eigenvalue weighted by atomic mass is 9.91. The molecule has 0 N–H and O–H groups in total. The molecule has 2 fully saturated rings. The molecule has 2 rings (SSSR count). The Balaban J connectivity index is 2.03. The molecule has 0 radical (unpaired) electrons. The second kappa shape index (κ2) is 4.97. The summed E-state index contributed by atoms with van der Waals surface area (Å²) >= 11 is 0. The fourth-order valence-electron chi connectivity index (χ4n) is 2.32. The lowest BCUT2D eigenvalue weighted by molar-refractivity contribution is -0.163. The maximum Gasteiger partial charge on any atom is 0.291 e. The van der Waals surface area contributed by atoms with Crippen molar-refractivity contribution in [3.63, 3.8) is 0 Å². The van der Waals surface area contributed by atoms with Gasteiger partial charge in [0, 0.05) is 12.8 Å². The molecule has 0 aromatic rings. The van der Waals surface area contributed by atoms with Crippen LogP contribution in [0.2, 0.25) is 0 Å². The molecule has 6 nitrogen and oxygen atoms in total. The van der Waals surface area contributed by atoms with Gasteiger partial charge in [-0.2, -0.15) is 8.42 Å². The second-order valence-electron chi connectivity index (χ2n) is 5.03. The van der Waals surface area contributed by atoms with Crippen molar-refractivity contribution in [2.45, 2.75) is 50.7 Å². The highest BCUT2D eigenvalue weighted by Gasteiger charge is 2.38. The summed E-state index contributed by atoms with van der Waals surface area (Å²) in [6, 6.07) is 0. The Labute approximate surface area is 106 Å². The van der Waals surface area contributed by atoms with E-state index in [0.29, 0.717) is 23.8 Å². The van der Waals surface area contributed by atoms with Crippen molar-refractivity contribution in [2.75, 3.05) is 0 Å². The number of hydrogen-bond acceptors (Lipinski definition) is 5. The van der Waals surface area contributed by atoms with Crippen LogP contribution in [0.5, 0.6) is 0 Å². The molecule has 102 valence electrons. The first-order chi connectivity index (χ1) is 8.40. The molecule has 2 amide bonds. The summed E-state index contributed by atoms with van der Waals surface area (Å²) in [5, 5.41) is -0.192. The van der Waals surface area contributed by atoms with Crippen molar-refractivity contribution < 1.29 is 22.3 Å². The van der Waals surface area contributed by atoms with Gasteiger partial charge in [-0.05, 0) is 31.6 Å². The number of carbonyl (C=O) groups is 2. The van der Waals surface area contributed by atoms with E-state index in [4.69, 9.17) is 4.28 Å². The van der Waals surface area contributed by atoms with Gasteiger partial charge in [0.05, 0.1) is 5.25 Å². The molecule has 0 bridgehead atoms. The van der Waals surface area contributed by atoms with Crippen LogP contribution in [0.15, 0.2) is 0 Å². The van der Waals surface area contributed by atoms with Crippen LogP contribution >= 0.6 is 0 Å². The lowest BCUT2D eigenvalue weighted by Crippen LogP contribution is -2.37. The third-order valence-electron chi connectivity index (χ3n) is 3.56. The maximum absolute atomic E-state index is 12.0. The number of hydroxylamine groups is 2. The standard InChI is InChI=1S/C11H17NO5S/c1-8-2-4-9(5-3-8)18(15,16)17-12-10(13)6-7-11(12)14/h8-9H,2-7H2,1H3. The average molecular weight is 275 g/mol. The van der Waals surface area contributed by atoms with E-state index in [1.165, 1.54) is 0 Å². The second-order valence-corrected chi connectivity index (χ2v) is 6.83. The lowest BCUT2D eigenvalue weighted by Gasteiger charge is -2.26. The minimum Gasteiger partial charge on any atom is -0.272 e. The normalized spacial score (nSPS) is 29.9. The van der Waals surface area contributed by atoms with Crippen LogP contribution in [0.4, 0.5) is 0 Å². The van der Waals surface area contributed by atoms with Crippen LogP contribution in [-0.2, 0) is 24.0 Å². The monoisotopic (exact) mass is 275 g/mol. The smallest absolute Gasteiger partial charge is 0.272 e. The van der Waals surface area contributed by atoms with Gasteiger partial charge in [-0.1, -0.05) is 6.92 Å². The molecule has 2 aliphatic rings. The van der Waals surface area contributed by atoms with Crippen LogP contribution in [0.25, 0.3) is 0 Å².